The van der Waals surface area contributed by atoms with Crippen LogP contribution in [-0.4, -0.2) is 48.3 Å². The summed E-state index contributed by atoms with van der Waals surface area (Å²) < 4.78 is 10.9. The minimum absolute atomic E-state index is 0.00865. The molecule has 2 heterocycles. The number of rotatable bonds is 4. The number of nitrogens with zero attached hydrogens (tertiary/aromatic N) is 1. The fourth-order valence-electron chi connectivity index (χ4n) is 3.31. The summed E-state index contributed by atoms with van der Waals surface area (Å²) in [5.74, 6) is 0.553. The first-order valence-corrected chi connectivity index (χ1v) is 7.09. The van der Waals surface area contributed by atoms with Gasteiger partial charge in [0.25, 0.3) is 11.5 Å². The number of fused-ring (bicyclic) bond motifs is 1. The highest BCUT2D eigenvalue weighted by molar-refractivity contribution is 5.93. The predicted octanol–water partition coefficient (Wildman–Crippen LogP) is -0.142. The molecule has 0 aromatic carbocycles. The number of nitrogens with one attached hydrogen (secondary N) is 2. The first-order valence-electron chi connectivity index (χ1n) is 7.09. The zero-order valence-corrected chi connectivity index (χ0v) is 12.1. The fourth-order valence-corrected chi connectivity index (χ4v) is 3.31. The molecule has 1 aromatic heterocycles. The van der Waals surface area contributed by atoms with Crippen molar-refractivity contribution in [3.63, 3.8) is 0 Å². The molecule has 2 N–H and O–H groups in total. The van der Waals surface area contributed by atoms with Crippen molar-refractivity contribution >= 4 is 5.91 Å². The van der Waals surface area contributed by atoms with Crippen LogP contribution in [0.3, 0.4) is 0 Å². The molecule has 0 spiro atoms. The Morgan fingerprint density at radius 3 is 3.14 bits per heavy atom. The minimum Gasteiger partial charge on any atom is -0.384 e. The number of hydrogen-bond acceptors (Lipinski definition) is 5. The number of hydrogen-bond donors (Lipinski definition) is 2. The smallest absolute Gasteiger partial charge is 0.263 e. The van der Waals surface area contributed by atoms with Crippen LogP contribution in [0.2, 0.25) is 0 Å². The van der Waals surface area contributed by atoms with Gasteiger partial charge in [0.1, 0.15) is 11.4 Å². The third-order valence-corrected chi connectivity index (χ3v) is 4.36. The van der Waals surface area contributed by atoms with Gasteiger partial charge in [-0.1, -0.05) is 0 Å². The van der Waals surface area contributed by atoms with Crippen molar-refractivity contribution in [2.24, 2.45) is 11.8 Å². The Hall–Kier alpha value is -1.73. The van der Waals surface area contributed by atoms with E-state index in [-0.39, 0.29) is 29.5 Å². The summed E-state index contributed by atoms with van der Waals surface area (Å²) in [7, 11) is 1.63. The monoisotopic (exact) mass is 293 g/mol. The van der Waals surface area contributed by atoms with Gasteiger partial charge in [-0.3, -0.25) is 9.59 Å². The number of H-pyrrole nitrogens is 1. The highest BCUT2D eigenvalue weighted by atomic mass is 16.5. The Balaban J connectivity index is 1.73. The molecule has 0 radical (unpaired) electrons. The molecule has 1 aliphatic heterocycles. The summed E-state index contributed by atoms with van der Waals surface area (Å²) in [5, 5.41) is 2.94. The van der Waals surface area contributed by atoms with Crippen molar-refractivity contribution in [2.45, 2.75) is 25.5 Å². The van der Waals surface area contributed by atoms with Gasteiger partial charge in [0.2, 0.25) is 0 Å². The molecule has 2 aliphatic rings. The molecule has 0 unspecified atom stereocenters. The second-order valence-corrected chi connectivity index (χ2v) is 5.62. The first kappa shape index (κ1) is 14.2. The second-order valence-electron chi connectivity index (χ2n) is 5.62. The van der Waals surface area contributed by atoms with E-state index in [9.17, 15) is 9.59 Å². The van der Waals surface area contributed by atoms with E-state index in [1.807, 2.05) is 0 Å². The Kier molecular flexibility index (Phi) is 3.77. The van der Waals surface area contributed by atoms with E-state index in [1.165, 1.54) is 6.20 Å². The zero-order chi connectivity index (χ0) is 15.0. The third-order valence-electron chi connectivity index (χ3n) is 4.36. The van der Waals surface area contributed by atoms with Crippen LogP contribution in [0.1, 0.15) is 22.6 Å². The fraction of sp³-hybridized carbons (Fsp3) is 0.643. The zero-order valence-electron chi connectivity index (χ0n) is 12.1. The maximum absolute atomic E-state index is 12.3. The molecule has 7 heteroatoms. The largest absolute Gasteiger partial charge is 0.384 e. The Labute approximate surface area is 122 Å². The molecule has 21 heavy (non-hydrogen) atoms. The van der Waals surface area contributed by atoms with Crippen LogP contribution in [0, 0.1) is 18.8 Å². The molecule has 3 rings (SSSR count). The average Bonchev–Trinajstić information content (AvgIpc) is 2.86. The lowest BCUT2D eigenvalue weighted by atomic mass is 9.67. The Bertz CT molecular complexity index is 600. The summed E-state index contributed by atoms with van der Waals surface area (Å²) in [6.45, 7) is 2.92. The second kappa shape index (κ2) is 5.57. The van der Waals surface area contributed by atoms with Gasteiger partial charge in [0.15, 0.2) is 0 Å². The van der Waals surface area contributed by atoms with Crippen LogP contribution in [0.4, 0.5) is 0 Å². The van der Waals surface area contributed by atoms with Crippen LogP contribution in [0.5, 0.6) is 0 Å². The van der Waals surface area contributed by atoms with Crippen LogP contribution in [0.15, 0.2) is 11.0 Å². The van der Waals surface area contributed by atoms with E-state index in [1.54, 1.807) is 14.0 Å². The molecular formula is C14H19N3O4. The number of aromatic amines is 1. The molecule has 7 nitrogen and oxygen atoms in total. The standard InChI is InChI=1S/C14H19N3O4/c1-7-15-5-9(13(18)16-7)14(19)17-11-8-3-4-21-12(8)10(11)6-20-2/h5,8,10-12H,3-4,6H2,1-2H3,(H,17,19)(H,15,16,18)/t8-,10+,11-,12-/m0/s1. The number of aryl methyl sites for hydroxylation is 1. The van der Waals surface area contributed by atoms with Gasteiger partial charge < -0.3 is 19.8 Å². The summed E-state index contributed by atoms with van der Waals surface area (Å²) in [4.78, 5) is 30.6. The summed E-state index contributed by atoms with van der Waals surface area (Å²) in [5.41, 5.74) is -0.374. The van der Waals surface area contributed by atoms with Crippen LogP contribution in [-0.2, 0) is 9.47 Å². The van der Waals surface area contributed by atoms with Gasteiger partial charge in [-0.2, -0.15) is 0 Å². The molecule has 1 aromatic rings. The van der Waals surface area contributed by atoms with Gasteiger partial charge in [-0.25, -0.2) is 4.98 Å². The molecule has 0 bridgehead atoms. The number of aromatic nitrogens is 2. The topological polar surface area (TPSA) is 93.3 Å². The number of carbonyl (C=O) groups excluding carboxylic acids is 1. The van der Waals surface area contributed by atoms with Crippen molar-refractivity contribution in [1.82, 2.24) is 15.3 Å². The van der Waals surface area contributed by atoms with E-state index in [2.05, 4.69) is 15.3 Å². The molecule has 2 fully saturated rings. The third kappa shape index (κ3) is 2.47. The molecule has 1 saturated heterocycles. The van der Waals surface area contributed by atoms with Gasteiger partial charge in [0.05, 0.1) is 12.7 Å². The molecule has 4 atom stereocenters. The molecule has 1 saturated carbocycles. The highest BCUT2D eigenvalue weighted by Gasteiger charge is 2.54. The minimum atomic E-state index is -0.415. The first-order chi connectivity index (χ1) is 10.1. The highest BCUT2D eigenvalue weighted by Crippen LogP contribution is 2.43. The lowest BCUT2D eigenvalue weighted by Crippen LogP contribution is -2.63. The van der Waals surface area contributed by atoms with Crippen molar-refractivity contribution in [1.29, 1.82) is 0 Å². The molecule has 1 aliphatic carbocycles. The lowest BCUT2D eigenvalue weighted by Gasteiger charge is -2.47. The molecular weight excluding hydrogens is 274 g/mol. The van der Waals surface area contributed by atoms with E-state index >= 15 is 0 Å². The summed E-state index contributed by atoms with van der Waals surface area (Å²) in [6, 6.07) is -0.00865. The van der Waals surface area contributed by atoms with Crippen molar-refractivity contribution < 1.29 is 14.3 Å². The summed E-state index contributed by atoms with van der Waals surface area (Å²) in [6.07, 6.45) is 2.40. The Morgan fingerprint density at radius 1 is 1.62 bits per heavy atom. The number of amides is 1. The predicted molar refractivity (Wildman–Crippen MR) is 74.1 cm³/mol. The quantitative estimate of drug-likeness (QED) is 0.806. The number of ether oxygens (including phenoxy) is 2. The van der Waals surface area contributed by atoms with Crippen molar-refractivity contribution in [3.8, 4) is 0 Å². The van der Waals surface area contributed by atoms with Crippen LogP contribution < -0.4 is 10.9 Å². The maximum atomic E-state index is 12.3. The number of carbonyl (C=O) groups is 1. The average molecular weight is 293 g/mol. The van der Waals surface area contributed by atoms with E-state index in [0.29, 0.717) is 25.0 Å². The van der Waals surface area contributed by atoms with Crippen LogP contribution in [0.25, 0.3) is 0 Å². The van der Waals surface area contributed by atoms with Crippen molar-refractivity contribution in [3.05, 3.63) is 27.9 Å². The summed E-state index contributed by atoms with van der Waals surface area (Å²) >= 11 is 0. The maximum Gasteiger partial charge on any atom is 0.263 e. The lowest BCUT2D eigenvalue weighted by molar-refractivity contribution is -0.0809. The van der Waals surface area contributed by atoms with E-state index in [4.69, 9.17) is 9.47 Å². The van der Waals surface area contributed by atoms with Crippen molar-refractivity contribution in [2.75, 3.05) is 20.3 Å². The van der Waals surface area contributed by atoms with E-state index < -0.39 is 5.56 Å². The van der Waals surface area contributed by atoms with Gasteiger partial charge in [-0.15, -0.1) is 0 Å². The van der Waals surface area contributed by atoms with Gasteiger partial charge >= 0.3 is 0 Å². The van der Waals surface area contributed by atoms with Gasteiger partial charge in [0, 0.05) is 37.8 Å². The Morgan fingerprint density at radius 2 is 2.43 bits per heavy atom. The molecule has 114 valence electrons. The van der Waals surface area contributed by atoms with E-state index in [0.717, 1.165) is 6.42 Å². The van der Waals surface area contributed by atoms with Gasteiger partial charge in [-0.05, 0) is 13.3 Å². The SMILES string of the molecule is COC[C@@H]1[C@@H](NC(=O)c2cnc(C)[nH]c2=O)[C@@H]2CCO[C@H]12. The molecule has 1 amide bonds. The number of methoxy groups -OCH3 is 1. The van der Waals surface area contributed by atoms with Crippen LogP contribution >= 0.6 is 0 Å². The normalized spacial score (nSPS) is 30.6.